The van der Waals surface area contributed by atoms with Gasteiger partial charge in [0.15, 0.2) is 0 Å². The number of carbonyl (C=O) groups excluding carboxylic acids is 2. The number of esters is 2. The number of hydrogen-bond acceptors (Lipinski definition) is 10. The molecule has 0 spiro atoms. The first-order valence-corrected chi connectivity index (χ1v) is 23.2. The largest absolute Gasteiger partial charge is 0.490 e. The Kier molecular flexibility index (Phi) is 10.6. The van der Waals surface area contributed by atoms with E-state index in [1.807, 2.05) is 13.8 Å². The Morgan fingerprint density at radius 1 is 0.887 bits per heavy atom. The summed E-state index contributed by atoms with van der Waals surface area (Å²) in [5.74, 6) is -2.33. The maximum absolute atomic E-state index is 14.6. The minimum Gasteiger partial charge on any atom is -0.460 e. The lowest BCUT2D eigenvalue weighted by atomic mass is 9.33. The number of fused-ring (bicyclic) bond motifs is 7. The van der Waals surface area contributed by atoms with Gasteiger partial charge in [-0.2, -0.15) is 13.2 Å². The molecule has 4 fully saturated rings. The standard InChI is InChI=1S/C47H57F3N2O9S/c1-41(2)23-25-46(39(53)58-28-29-13-15-30(16-14-29)59-37-38(52(55)61-51-37)62(56,57)31-11-9-8-10-12-31)26-24-44(6)32(33(46)27-41)17-18-35-43(5)21-20-36(60-40(54)47(48,49)50)42(3,4)34(43)19-22-45(35,44)7/h8-17,33-36H,18-28H2,1-7H3/t33-,34-,35+,36-,43-,44+,45+,46-/m0/s1. The highest BCUT2D eigenvalue weighted by molar-refractivity contribution is 7.91. The molecule has 5 aliphatic rings. The summed E-state index contributed by atoms with van der Waals surface area (Å²) in [4.78, 5) is 26.3. The smallest absolute Gasteiger partial charge is 0.460 e. The van der Waals surface area contributed by atoms with Crippen LogP contribution in [0.5, 0.6) is 11.6 Å². The van der Waals surface area contributed by atoms with E-state index in [-0.39, 0.29) is 67.5 Å². The number of sulfone groups is 1. The van der Waals surface area contributed by atoms with E-state index in [4.69, 9.17) is 14.2 Å². The summed E-state index contributed by atoms with van der Waals surface area (Å²) < 4.78 is 88.1. The van der Waals surface area contributed by atoms with Crippen LogP contribution in [0.2, 0.25) is 0 Å². The molecule has 8 atom stereocenters. The van der Waals surface area contributed by atoms with Crippen molar-refractivity contribution >= 4 is 21.8 Å². The lowest BCUT2D eigenvalue weighted by Gasteiger charge is -2.71. The van der Waals surface area contributed by atoms with Crippen molar-refractivity contribution in [3.8, 4) is 11.6 Å². The number of hydrogen-bond donors (Lipinski definition) is 0. The summed E-state index contributed by atoms with van der Waals surface area (Å²) in [6.07, 6.45) is 4.10. The third-order valence-corrected chi connectivity index (χ3v) is 18.6. The Balaban J connectivity index is 1.00. The van der Waals surface area contributed by atoms with Gasteiger partial charge in [-0.15, -0.1) is 0 Å². The van der Waals surface area contributed by atoms with Crippen molar-refractivity contribution in [2.75, 3.05) is 0 Å². The second kappa shape index (κ2) is 14.8. The highest BCUT2D eigenvalue weighted by Crippen LogP contribution is 2.76. The first kappa shape index (κ1) is 44.2. The highest BCUT2D eigenvalue weighted by atomic mass is 32.2. The van der Waals surface area contributed by atoms with E-state index in [2.05, 4.69) is 50.5 Å². The number of halogens is 3. The molecular formula is C47H57F3N2O9S. The molecule has 0 aliphatic heterocycles. The first-order chi connectivity index (χ1) is 28.9. The van der Waals surface area contributed by atoms with Crippen LogP contribution in [-0.2, 0) is 35.5 Å². The molecule has 1 aromatic heterocycles. The third kappa shape index (κ3) is 6.93. The Hall–Kier alpha value is -4.40. The summed E-state index contributed by atoms with van der Waals surface area (Å²) in [6.45, 7) is 15.7. The maximum Gasteiger partial charge on any atom is 0.490 e. The highest BCUT2D eigenvalue weighted by Gasteiger charge is 2.70. The second-order valence-electron chi connectivity index (χ2n) is 20.8. The molecule has 0 radical (unpaired) electrons. The third-order valence-electron chi connectivity index (χ3n) is 16.8. The molecule has 4 saturated carbocycles. The van der Waals surface area contributed by atoms with Crippen molar-refractivity contribution in [1.82, 2.24) is 5.16 Å². The lowest BCUT2D eigenvalue weighted by Crippen LogP contribution is -2.65. The Morgan fingerprint density at radius 3 is 2.24 bits per heavy atom. The SMILES string of the molecule is CC1(C)CC[C@]2(C(=O)OCc3ccc(Oc4no[n+]([O-])c4S(=O)(=O)c4ccccc4)cc3)CC[C@]3(C)C(=CC[C@@H]4[C@@]5(C)CC[C@H](OC(=O)C(F)(F)F)C(C)(C)[C@@H]5CC[C@]43C)[C@@H]2C1. The quantitative estimate of drug-likeness (QED) is 0.122. The molecule has 0 amide bonds. The number of ether oxygens (including phenoxy) is 3. The lowest BCUT2D eigenvalue weighted by molar-refractivity contribution is -0.832. The molecule has 0 bridgehead atoms. The van der Waals surface area contributed by atoms with Crippen LogP contribution in [0.4, 0.5) is 13.2 Å². The summed E-state index contributed by atoms with van der Waals surface area (Å²) >= 11 is 0. The van der Waals surface area contributed by atoms with E-state index in [0.29, 0.717) is 31.2 Å². The number of carbonyl (C=O) groups is 2. The van der Waals surface area contributed by atoms with Crippen LogP contribution in [-0.4, -0.2) is 37.8 Å². The van der Waals surface area contributed by atoms with Gasteiger partial charge in [0.1, 0.15) is 18.5 Å². The van der Waals surface area contributed by atoms with Crippen LogP contribution in [0.15, 0.2) is 80.8 Å². The second-order valence-corrected chi connectivity index (χ2v) is 22.7. The minimum atomic E-state index is -5.03. The van der Waals surface area contributed by atoms with Crippen LogP contribution in [0.1, 0.15) is 118 Å². The van der Waals surface area contributed by atoms with E-state index in [0.717, 1.165) is 38.5 Å². The van der Waals surface area contributed by atoms with Crippen LogP contribution in [0.25, 0.3) is 0 Å². The zero-order valence-electron chi connectivity index (χ0n) is 36.5. The van der Waals surface area contributed by atoms with Gasteiger partial charge in [-0.3, -0.25) is 9.42 Å². The minimum absolute atomic E-state index is 0.0104. The maximum atomic E-state index is 14.6. The van der Waals surface area contributed by atoms with Crippen LogP contribution in [0.3, 0.4) is 0 Å². The van der Waals surface area contributed by atoms with Gasteiger partial charge in [-0.25, -0.2) is 13.2 Å². The van der Waals surface area contributed by atoms with Crippen LogP contribution >= 0.6 is 0 Å². The van der Waals surface area contributed by atoms with Crippen molar-refractivity contribution in [2.45, 2.75) is 141 Å². The molecule has 0 N–H and O–H groups in total. The van der Waals surface area contributed by atoms with Crippen molar-refractivity contribution in [2.24, 2.45) is 50.2 Å². The van der Waals surface area contributed by atoms with Crippen molar-refractivity contribution < 1.29 is 54.9 Å². The molecule has 336 valence electrons. The molecule has 3 aromatic rings. The van der Waals surface area contributed by atoms with Crippen LogP contribution < -0.4 is 9.64 Å². The summed E-state index contributed by atoms with van der Waals surface area (Å²) in [6, 6.07) is 14.0. The number of rotatable bonds is 8. The average molecular weight is 883 g/mol. The topological polar surface area (TPSA) is 149 Å². The van der Waals surface area contributed by atoms with Gasteiger partial charge in [0.2, 0.25) is 0 Å². The van der Waals surface area contributed by atoms with Crippen molar-refractivity contribution in [1.29, 1.82) is 0 Å². The van der Waals surface area contributed by atoms with Gasteiger partial charge in [0, 0.05) is 5.41 Å². The number of benzene rings is 2. The van der Waals surface area contributed by atoms with Gasteiger partial charge in [-0.1, -0.05) is 90.4 Å². The zero-order chi connectivity index (χ0) is 44.9. The number of allylic oxidation sites excluding steroid dienone is 2. The zero-order valence-corrected chi connectivity index (χ0v) is 37.3. The summed E-state index contributed by atoms with van der Waals surface area (Å²) in [5, 5.41) is 15.1. The van der Waals surface area contributed by atoms with Gasteiger partial charge >= 0.3 is 29.0 Å². The molecule has 0 unspecified atom stereocenters. The van der Waals surface area contributed by atoms with E-state index in [9.17, 15) is 36.4 Å². The van der Waals surface area contributed by atoms with Crippen molar-refractivity contribution in [3.63, 3.8) is 0 Å². The van der Waals surface area contributed by atoms with E-state index in [1.54, 1.807) is 30.3 Å². The molecule has 15 heteroatoms. The van der Waals surface area contributed by atoms with Gasteiger partial charge in [-0.05, 0) is 138 Å². The predicted octanol–water partition coefficient (Wildman–Crippen LogP) is 10.3. The van der Waals surface area contributed by atoms with Crippen molar-refractivity contribution in [3.05, 3.63) is 77.0 Å². The summed E-state index contributed by atoms with van der Waals surface area (Å²) in [5.41, 5.74) is 0.201. The Bertz CT molecular complexity index is 2380. The molecule has 11 nitrogen and oxygen atoms in total. The number of nitrogens with zero attached hydrogens (tertiary/aromatic N) is 2. The fraction of sp³-hybridized carbons (Fsp3) is 0.617. The molecule has 62 heavy (non-hydrogen) atoms. The molecular weight excluding hydrogens is 826 g/mol. The van der Waals surface area contributed by atoms with Crippen LogP contribution in [0, 0.1) is 55.5 Å². The van der Waals surface area contributed by atoms with E-state index in [1.165, 1.54) is 29.8 Å². The number of alkyl halides is 3. The molecule has 0 saturated heterocycles. The molecule has 8 rings (SSSR count). The van der Waals surface area contributed by atoms with Gasteiger partial charge < -0.3 is 19.4 Å². The predicted molar refractivity (Wildman–Crippen MR) is 219 cm³/mol. The van der Waals surface area contributed by atoms with E-state index < -0.39 is 49.8 Å². The Morgan fingerprint density at radius 2 is 1.56 bits per heavy atom. The monoisotopic (exact) mass is 882 g/mol. The fourth-order valence-corrected chi connectivity index (χ4v) is 14.5. The molecule has 1 heterocycles. The molecule has 2 aromatic carbocycles. The molecule has 5 aliphatic carbocycles. The number of aromatic nitrogens is 2. The first-order valence-electron chi connectivity index (χ1n) is 21.7. The Labute approximate surface area is 361 Å². The fourth-order valence-electron chi connectivity index (χ4n) is 13.3. The van der Waals surface area contributed by atoms with E-state index >= 15 is 0 Å². The van der Waals surface area contributed by atoms with Gasteiger partial charge in [0.05, 0.1) is 15.5 Å². The summed E-state index contributed by atoms with van der Waals surface area (Å²) in [7, 11) is -4.31. The normalized spacial score (nSPS) is 33.7. The average Bonchev–Trinajstić information content (AvgIpc) is 3.58. The van der Waals surface area contributed by atoms with Gasteiger partial charge in [0.25, 0.3) is 9.84 Å².